The van der Waals surface area contributed by atoms with Gasteiger partial charge in [0.2, 0.25) is 0 Å². The standard InChI is InChI=1S/C17H23FN2/c1-14(2)17(7-10-19)8-11-20(12-9-17)13-15-5-3-4-6-16(15)18/h3-6,14H,7-9,11-13H2,1-2H3. The van der Waals surface area contributed by atoms with Crippen molar-refractivity contribution in [1.82, 2.24) is 4.90 Å². The maximum absolute atomic E-state index is 13.7. The predicted octanol–water partition coefficient (Wildman–Crippen LogP) is 3.98. The first-order valence-electron chi connectivity index (χ1n) is 7.40. The van der Waals surface area contributed by atoms with Gasteiger partial charge in [-0.05, 0) is 43.3 Å². The van der Waals surface area contributed by atoms with E-state index in [-0.39, 0.29) is 11.2 Å². The number of nitrogens with zero attached hydrogens (tertiary/aromatic N) is 2. The van der Waals surface area contributed by atoms with E-state index in [1.165, 1.54) is 6.07 Å². The molecule has 1 aromatic carbocycles. The molecule has 0 spiro atoms. The number of nitriles is 1. The molecule has 0 amide bonds. The van der Waals surface area contributed by atoms with Crippen LogP contribution in [0.4, 0.5) is 4.39 Å². The van der Waals surface area contributed by atoms with Crippen molar-refractivity contribution in [2.24, 2.45) is 11.3 Å². The molecule has 0 aromatic heterocycles. The monoisotopic (exact) mass is 274 g/mol. The normalized spacial score (nSPS) is 18.9. The summed E-state index contributed by atoms with van der Waals surface area (Å²) in [5.74, 6) is 0.406. The van der Waals surface area contributed by atoms with Gasteiger partial charge >= 0.3 is 0 Å². The molecular formula is C17H23FN2. The fourth-order valence-corrected chi connectivity index (χ4v) is 3.14. The van der Waals surface area contributed by atoms with Gasteiger partial charge in [-0.1, -0.05) is 32.0 Å². The van der Waals surface area contributed by atoms with Crippen LogP contribution in [0.25, 0.3) is 0 Å². The first-order chi connectivity index (χ1) is 9.57. The van der Waals surface area contributed by atoms with Crippen LogP contribution < -0.4 is 0 Å². The molecular weight excluding hydrogens is 251 g/mol. The topological polar surface area (TPSA) is 27.0 Å². The zero-order valence-corrected chi connectivity index (χ0v) is 12.4. The minimum atomic E-state index is -0.120. The number of hydrogen-bond acceptors (Lipinski definition) is 2. The lowest BCUT2D eigenvalue weighted by Crippen LogP contribution is -2.42. The number of benzene rings is 1. The van der Waals surface area contributed by atoms with Gasteiger partial charge < -0.3 is 0 Å². The fraction of sp³-hybridized carbons (Fsp3) is 0.588. The van der Waals surface area contributed by atoms with Gasteiger partial charge in [0.25, 0.3) is 0 Å². The van der Waals surface area contributed by atoms with Crippen molar-refractivity contribution in [3.05, 3.63) is 35.6 Å². The first-order valence-corrected chi connectivity index (χ1v) is 7.40. The molecule has 0 saturated carbocycles. The van der Waals surface area contributed by atoms with Gasteiger partial charge in [0, 0.05) is 18.5 Å². The molecule has 0 atom stereocenters. The van der Waals surface area contributed by atoms with Crippen molar-refractivity contribution in [2.45, 2.75) is 39.7 Å². The lowest BCUT2D eigenvalue weighted by atomic mass is 9.68. The fourth-order valence-electron chi connectivity index (χ4n) is 3.14. The van der Waals surface area contributed by atoms with Crippen LogP contribution in [0.1, 0.15) is 38.7 Å². The van der Waals surface area contributed by atoms with Gasteiger partial charge in [-0.2, -0.15) is 5.26 Å². The van der Waals surface area contributed by atoms with E-state index >= 15 is 0 Å². The second kappa shape index (κ2) is 6.37. The Kier molecular flexibility index (Phi) is 4.77. The Morgan fingerprint density at radius 3 is 2.50 bits per heavy atom. The second-order valence-corrected chi connectivity index (χ2v) is 6.22. The quantitative estimate of drug-likeness (QED) is 0.830. The molecule has 2 nitrogen and oxygen atoms in total. The number of rotatable bonds is 4. The third-order valence-electron chi connectivity index (χ3n) is 4.86. The molecule has 1 aliphatic heterocycles. The molecule has 108 valence electrons. The molecule has 1 aromatic rings. The van der Waals surface area contributed by atoms with E-state index in [1.807, 2.05) is 12.1 Å². The SMILES string of the molecule is CC(C)C1(CC#N)CCN(Cc2ccccc2F)CC1. The van der Waals surface area contributed by atoms with Gasteiger partial charge in [-0.25, -0.2) is 4.39 Å². The molecule has 0 unspecified atom stereocenters. The van der Waals surface area contributed by atoms with Crippen LogP contribution in [0.5, 0.6) is 0 Å². The van der Waals surface area contributed by atoms with Crippen LogP contribution in [0.3, 0.4) is 0 Å². The van der Waals surface area contributed by atoms with Crippen molar-refractivity contribution < 1.29 is 4.39 Å². The van der Waals surface area contributed by atoms with Crippen molar-refractivity contribution >= 4 is 0 Å². The van der Waals surface area contributed by atoms with E-state index in [4.69, 9.17) is 5.26 Å². The minimum absolute atomic E-state index is 0.120. The highest BCUT2D eigenvalue weighted by atomic mass is 19.1. The second-order valence-electron chi connectivity index (χ2n) is 6.22. The van der Waals surface area contributed by atoms with E-state index < -0.39 is 0 Å². The summed E-state index contributed by atoms with van der Waals surface area (Å²) in [6.45, 7) is 7.00. The number of halogens is 1. The van der Waals surface area contributed by atoms with Gasteiger partial charge in [-0.15, -0.1) is 0 Å². The first kappa shape index (κ1) is 15.0. The van der Waals surface area contributed by atoms with Crippen LogP contribution in [-0.4, -0.2) is 18.0 Å². The number of piperidine rings is 1. The van der Waals surface area contributed by atoms with Crippen LogP contribution in [-0.2, 0) is 6.54 Å². The summed E-state index contributed by atoms with van der Waals surface area (Å²) in [6.07, 6.45) is 2.71. The maximum atomic E-state index is 13.7. The minimum Gasteiger partial charge on any atom is -0.299 e. The van der Waals surface area contributed by atoms with Crippen LogP contribution >= 0.6 is 0 Å². The third-order valence-corrected chi connectivity index (χ3v) is 4.86. The average molecular weight is 274 g/mol. The summed E-state index contributed by atoms with van der Waals surface area (Å²) in [4.78, 5) is 2.30. The summed E-state index contributed by atoms with van der Waals surface area (Å²) < 4.78 is 13.7. The Bertz CT molecular complexity index is 482. The Labute approximate surface area is 121 Å². The summed E-state index contributed by atoms with van der Waals surface area (Å²) in [7, 11) is 0. The van der Waals surface area contributed by atoms with Crippen LogP contribution in [0, 0.1) is 28.5 Å². The molecule has 1 aliphatic rings. The average Bonchev–Trinajstić information content (AvgIpc) is 2.43. The summed E-state index contributed by atoms with van der Waals surface area (Å²) in [5.41, 5.74) is 0.922. The molecule has 1 heterocycles. The molecule has 2 rings (SSSR count). The van der Waals surface area contributed by atoms with E-state index in [1.54, 1.807) is 6.07 Å². The Balaban J connectivity index is 1.98. The number of likely N-dealkylation sites (tertiary alicyclic amines) is 1. The van der Waals surface area contributed by atoms with Crippen molar-refractivity contribution in [1.29, 1.82) is 5.26 Å². The molecule has 0 bridgehead atoms. The molecule has 3 heteroatoms. The van der Waals surface area contributed by atoms with E-state index in [9.17, 15) is 4.39 Å². The lowest BCUT2D eigenvalue weighted by Gasteiger charge is -2.43. The molecule has 1 fully saturated rings. The zero-order chi connectivity index (χ0) is 14.6. The van der Waals surface area contributed by atoms with Gasteiger partial charge in [0.05, 0.1) is 6.07 Å². The Hall–Kier alpha value is -1.40. The highest BCUT2D eigenvalue weighted by molar-refractivity contribution is 5.17. The van der Waals surface area contributed by atoms with E-state index in [0.29, 0.717) is 18.9 Å². The molecule has 0 radical (unpaired) electrons. The highest BCUT2D eigenvalue weighted by Crippen LogP contribution is 2.41. The van der Waals surface area contributed by atoms with E-state index in [0.717, 1.165) is 31.5 Å². The van der Waals surface area contributed by atoms with Crippen molar-refractivity contribution in [2.75, 3.05) is 13.1 Å². The highest BCUT2D eigenvalue weighted by Gasteiger charge is 2.37. The van der Waals surface area contributed by atoms with Crippen molar-refractivity contribution in [3.8, 4) is 6.07 Å². The summed E-state index contributed by atoms with van der Waals surface area (Å²) in [5, 5.41) is 9.06. The van der Waals surface area contributed by atoms with Gasteiger partial charge in [0.15, 0.2) is 0 Å². The largest absolute Gasteiger partial charge is 0.299 e. The maximum Gasteiger partial charge on any atom is 0.127 e. The Morgan fingerprint density at radius 1 is 1.30 bits per heavy atom. The molecule has 20 heavy (non-hydrogen) atoms. The van der Waals surface area contributed by atoms with Gasteiger partial charge in [-0.3, -0.25) is 4.90 Å². The van der Waals surface area contributed by atoms with E-state index in [2.05, 4.69) is 24.8 Å². The smallest absolute Gasteiger partial charge is 0.127 e. The zero-order valence-electron chi connectivity index (χ0n) is 12.4. The summed E-state index contributed by atoms with van der Waals surface area (Å²) >= 11 is 0. The van der Waals surface area contributed by atoms with Crippen LogP contribution in [0.15, 0.2) is 24.3 Å². The predicted molar refractivity (Wildman–Crippen MR) is 78.4 cm³/mol. The lowest BCUT2D eigenvalue weighted by molar-refractivity contribution is 0.0612. The molecule has 0 N–H and O–H groups in total. The Morgan fingerprint density at radius 2 is 1.95 bits per heavy atom. The molecule has 1 saturated heterocycles. The van der Waals surface area contributed by atoms with Crippen LogP contribution in [0.2, 0.25) is 0 Å². The molecule has 0 aliphatic carbocycles. The third kappa shape index (κ3) is 3.19. The summed E-state index contributed by atoms with van der Waals surface area (Å²) in [6, 6.07) is 9.35. The number of hydrogen-bond donors (Lipinski definition) is 0. The van der Waals surface area contributed by atoms with Gasteiger partial charge in [0.1, 0.15) is 5.82 Å². The van der Waals surface area contributed by atoms with Crippen molar-refractivity contribution in [3.63, 3.8) is 0 Å².